The largest absolute Gasteiger partial charge is 0.395 e. The third-order valence-corrected chi connectivity index (χ3v) is 2.36. The predicted molar refractivity (Wildman–Crippen MR) is 63.2 cm³/mol. The van der Waals surface area contributed by atoms with Gasteiger partial charge >= 0.3 is 0 Å². The van der Waals surface area contributed by atoms with Crippen molar-refractivity contribution < 1.29 is 19.9 Å². The minimum Gasteiger partial charge on any atom is -0.395 e. The molecule has 2 N–H and O–H groups in total. The fourth-order valence-corrected chi connectivity index (χ4v) is 1.54. The Balaban J connectivity index is 3.04. The maximum atomic E-state index is 12.0. The lowest BCUT2D eigenvalue weighted by Crippen LogP contribution is -2.36. The molecule has 0 saturated heterocycles. The second kappa shape index (κ2) is 6.67. The average molecular weight is 254 g/mol. The summed E-state index contributed by atoms with van der Waals surface area (Å²) in [4.78, 5) is 23.4. The van der Waals surface area contributed by atoms with Gasteiger partial charge in [-0.25, -0.2) is 0 Å². The van der Waals surface area contributed by atoms with Crippen molar-refractivity contribution in [1.82, 2.24) is 4.90 Å². The molecule has 1 rings (SSSR count). The van der Waals surface area contributed by atoms with Crippen LogP contribution in [-0.2, 0) is 0 Å². The third-order valence-electron chi connectivity index (χ3n) is 2.36. The number of hydrogen-bond donors (Lipinski definition) is 2. The van der Waals surface area contributed by atoms with Crippen LogP contribution in [0.5, 0.6) is 0 Å². The van der Waals surface area contributed by atoms with Crippen LogP contribution in [0.25, 0.3) is 0 Å². The summed E-state index contributed by atoms with van der Waals surface area (Å²) in [7, 11) is 0. The van der Waals surface area contributed by atoms with E-state index >= 15 is 0 Å². The number of nitro groups is 1. The van der Waals surface area contributed by atoms with E-state index in [4.69, 9.17) is 10.2 Å². The molecule has 0 unspecified atom stereocenters. The lowest BCUT2D eigenvalue weighted by atomic mass is 10.1. The number of aliphatic hydroxyl groups excluding tert-OH is 2. The fraction of sp³-hybridized carbons (Fsp3) is 0.364. The summed E-state index contributed by atoms with van der Waals surface area (Å²) in [6.07, 6.45) is 0. The number of amides is 1. The van der Waals surface area contributed by atoms with Crippen molar-refractivity contribution in [2.75, 3.05) is 26.3 Å². The molecule has 1 aromatic carbocycles. The lowest BCUT2D eigenvalue weighted by Gasteiger charge is -2.20. The standard InChI is InChI=1S/C11H14N2O5/c14-7-5-12(6-8-15)11(16)9-3-1-2-4-10(9)13(17)18/h1-4,14-15H,5-8H2. The summed E-state index contributed by atoms with van der Waals surface area (Å²) in [5.41, 5.74) is -0.340. The zero-order valence-electron chi connectivity index (χ0n) is 9.65. The molecule has 0 aromatic heterocycles. The monoisotopic (exact) mass is 254 g/mol. The van der Waals surface area contributed by atoms with Gasteiger partial charge < -0.3 is 15.1 Å². The maximum absolute atomic E-state index is 12.0. The highest BCUT2D eigenvalue weighted by molar-refractivity contribution is 5.98. The first kappa shape index (κ1) is 14.1. The summed E-state index contributed by atoms with van der Waals surface area (Å²) >= 11 is 0. The predicted octanol–water partition coefficient (Wildman–Crippen LogP) is 0.0216. The number of benzene rings is 1. The van der Waals surface area contributed by atoms with E-state index in [1.165, 1.54) is 29.2 Å². The number of nitrogens with zero attached hydrogens (tertiary/aromatic N) is 2. The second-order valence-corrected chi connectivity index (χ2v) is 3.51. The Hall–Kier alpha value is -1.99. The van der Waals surface area contributed by atoms with Crippen LogP contribution in [0.15, 0.2) is 24.3 Å². The molecule has 0 bridgehead atoms. The highest BCUT2D eigenvalue weighted by Gasteiger charge is 2.23. The maximum Gasteiger partial charge on any atom is 0.282 e. The highest BCUT2D eigenvalue weighted by atomic mass is 16.6. The van der Waals surface area contributed by atoms with Crippen LogP contribution in [0.1, 0.15) is 10.4 Å². The number of para-hydroxylation sites is 1. The van der Waals surface area contributed by atoms with Crippen molar-refractivity contribution in [3.8, 4) is 0 Å². The summed E-state index contributed by atoms with van der Waals surface area (Å²) in [6, 6.07) is 5.58. The van der Waals surface area contributed by atoms with Crippen molar-refractivity contribution in [2.24, 2.45) is 0 Å². The van der Waals surface area contributed by atoms with Crippen molar-refractivity contribution in [3.05, 3.63) is 39.9 Å². The average Bonchev–Trinajstić information content (AvgIpc) is 2.37. The van der Waals surface area contributed by atoms with Crippen LogP contribution in [0.3, 0.4) is 0 Å². The van der Waals surface area contributed by atoms with E-state index in [-0.39, 0.29) is 37.6 Å². The van der Waals surface area contributed by atoms with E-state index in [1.807, 2.05) is 0 Å². The van der Waals surface area contributed by atoms with Crippen molar-refractivity contribution >= 4 is 11.6 Å². The van der Waals surface area contributed by atoms with E-state index in [0.29, 0.717) is 0 Å². The molecule has 0 aliphatic carbocycles. The van der Waals surface area contributed by atoms with Crippen LogP contribution in [-0.4, -0.2) is 52.2 Å². The zero-order valence-corrected chi connectivity index (χ0v) is 9.65. The Bertz CT molecular complexity index is 429. The number of carbonyl (C=O) groups is 1. The van der Waals surface area contributed by atoms with Crippen LogP contribution in [0.4, 0.5) is 5.69 Å². The molecule has 0 saturated carbocycles. The Morgan fingerprint density at radius 2 is 1.78 bits per heavy atom. The first-order chi connectivity index (χ1) is 8.61. The molecule has 0 radical (unpaired) electrons. The molecule has 0 aliphatic rings. The number of nitro benzene ring substituents is 1. The van der Waals surface area contributed by atoms with Crippen molar-refractivity contribution in [3.63, 3.8) is 0 Å². The molecule has 18 heavy (non-hydrogen) atoms. The molecule has 1 amide bonds. The summed E-state index contributed by atoms with van der Waals surface area (Å²) in [6.45, 7) is -0.504. The molecular formula is C11H14N2O5. The molecule has 7 heteroatoms. The van der Waals surface area contributed by atoms with Gasteiger partial charge in [-0.15, -0.1) is 0 Å². The van der Waals surface area contributed by atoms with E-state index in [2.05, 4.69) is 0 Å². The van der Waals surface area contributed by atoms with Gasteiger partial charge in [-0.1, -0.05) is 12.1 Å². The molecule has 0 fully saturated rings. The quantitative estimate of drug-likeness (QED) is 0.550. The van der Waals surface area contributed by atoms with Crippen LogP contribution in [0.2, 0.25) is 0 Å². The Morgan fingerprint density at radius 1 is 1.22 bits per heavy atom. The molecule has 0 aliphatic heterocycles. The summed E-state index contributed by atoms with van der Waals surface area (Å²) in [5.74, 6) is -0.578. The van der Waals surface area contributed by atoms with Gasteiger partial charge in [-0.3, -0.25) is 14.9 Å². The smallest absolute Gasteiger partial charge is 0.282 e. The highest BCUT2D eigenvalue weighted by Crippen LogP contribution is 2.19. The van der Waals surface area contributed by atoms with Crippen LogP contribution in [0, 0.1) is 10.1 Å². The molecule has 1 aromatic rings. The Labute approximate surface area is 103 Å². The first-order valence-electron chi connectivity index (χ1n) is 5.36. The molecule has 0 atom stereocenters. The molecule has 0 spiro atoms. The lowest BCUT2D eigenvalue weighted by molar-refractivity contribution is -0.385. The van der Waals surface area contributed by atoms with Crippen molar-refractivity contribution in [2.45, 2.75) is 0 Å². The molecule has 98 valence electrons. The normalized spacial score (nSPS) is 10.1. The number of hydrogen-bond acceptors (Lipinski definition) is 5. The topological polar surface area (TPSA) is 104 Å². The SMILES string of the molecule is O=C(c1ccccc1[N+](=O)[O-])N(CCO)CCO. The van der Waals surface area contributed by atoms with Gasteiger partial charge in [0.05, 0.1) is 18.1 Å². The number of aliphatic hydroxyl groups is 2. The second-order valence-electron chi connectivity index (χ2n) is 3.51. The van der Waals surface area contributed by atoms with Gasteiger partial charge in [0, 0.05) is 19.2 Å². The zero-order chi connectivity index (χ0) is 13.5. The van der Waals surface area contributed by atoms with E-state index in [1.54, 1.807) is 0 Å². The molecular weight excluding hydrogens is 240 g/mol. The van der Waals surface area contributed by atoms with E-state index in [9.17, 15) is 14.9 Å². The minimum absolute atomic E-state index is 0.0193. The van der Waals surface area contributed by atoms with E-state index in [0.717, 1.165) is 0 Å². The molecule has 0 heterocycles. The Morgan fingerprint density at radius 3 is 2.28 bits per heavy atom. The minimum atomic E-state index is -0.636. The fourth-order valence-electron chi connectivity index (χ4n) is 1.54. The van der Waals surface area contributed by atoms with Gasteiger partial charge in [0.1, 0.15) is 5.56 Å². The number of carbonyl (C=O) groups excluding carboxylic acids is 1. The summed E-state index contributed by atoms with van der Waals surface area (Å²) in [5, 5.41) is 28.5. The van der Waals surface area contributed by atoms with E-state index < -0.39 is 10.8 Å². The van der Waals surface area contributed by atoms with Crippen LogP contribution < -0.4 is 0 Å². The van der Waals surface area contributed by atoms with Crippen LogP contribution >= 0.6 is 0 Å². The van der Waals surface area contributed by atoms with Crippen molar-refractivity contribution in [1.29, 1.82) is 0 Å². The van der Waals surface area contributed by atoms with Gasteiger partial charge in [0.15, 0.2) is 0 Å². The van der Waals surface area contributed by atoms with Gasteiger partial charge in [-0.2, -0.15) is 0 Å². The number of rotatable bonds is 6. The van der Waals surface area contributed by atoms with Gasteiger partial charge in [0.2, 0.25) is 0 Å². The third kappa shape index (κ3) is 3.25. The summed E-state index contributed by atoms with van der Waals surface area (Å²) < 4.78 is 0. The van der Waals surface area contributed by atoms with Gasteiger partial charge in [-0.05, 0) is 6.07 Å². The first-order valence-corrected chi connectivity index (χ1v) is 5.36. The Kier molecular flexibility index (Phi) is 5.22. The van der Waals surface area contributed by atoms with Gasteiger partial charge in [0.25, 0.3) is 11.6 Å². The molecule has 7 nitrogen and oxygen atoms in total.